The first-order chi connectivity index (χ1) is 21.1. The van der Waals surface area contributed by atoms with Gasteiger partial charge in [0.05, 0.1) is 24.6 Å². The minimum Gasteiger partial charge on any atom is -0.449 e. The highest BCUT2D eigenvalue weighted by molar-refractivity contribution is 7.51. The van der Waals surface area contributed by atoms with Gasteiger partial charge in [0, 0.05) is 57.6 Å². The van der Waals surface area contributed by atoms with Gasteiger partial charge in [0.1, 0.15) is 11.7 Å². The largest absolute Gasteiger partial charge is 0.449 e. The van der Waals surface area contributed by atoms with Crippen LogP contribution in [0.2, 0.25) is 0 Å². The van der Waals surface area contributed by atoms with Crippen molar-refractivity contribution in [3.05, 3.63) is 48.2 Å². The summed E-state index contributed by atoms with van der Waals surface area (Å²) in [5.41, 5.74) is 2.25. The Morgan fingerprint density at radius 2 is 1.77 bits per heavy atom. The van der Waals surface area contributed by atoms with E-state index < -0.39 is 37.7 Å². The number of anilines is 1. The van der Waals surface area contributed by atoms with Gasteiger partial charge >= 0.3 is 13.7 Å². The molecule has 13 nitrogen and oxygen atoms in total. The summed E-state index contributed by atoms with van der Waals surface area (Å²) in [6, 6.07) is 11.8. The molecule has 0 spiro atoms. The second-order valence-electron chi connectivity index (χ2n) is 11.0. The van der Waals surface area contributed by atoms with E-state index in [4.69, 9.17) is 9.47 Å². The molecule has 3 N–H and O–H groups in total. The number of nitrogens with one attached hydrogen (secondary N) is 1. The highest BCUT2D eigenvalue weighted by Gasteiger charge is 2.33. The zero-order chi connectivity index (χ0) is 31.7. The lowest BCUT2D eigenvalue weighted by Gasteiger charge is -2.36. The number of ether oxygens (including phenoxy) is 2. The van der Waals surface area contributed by atoms with Gasteiger partial charge in [-0.15, -0.1) is 0 Å². The van der Waals surface area contributed by atoms with E-state index in [1.165, 1.54) is 9.80 Å². The van der Waals surface area contributed by atoms with E-state index in [9.17, 15) is 28.7 Å². The third kappa shape index (κ3) is 9.25. The van der Waals surface area contributed by atoms with Gasteiger partial charge < -0.3 is 39.3 Å². The van der Waals surface area contributed by atoms with Crippen LogP contribution in [0.15, 0.2) is 42.5 Å². The molecule has 0 aliphatic carbocycles. The third-order valence-corrected chi connectivity index (χ3v) is 8.68. The second-order valence-corrected chi connectivity index (χ2v) is 12.8. The number of pyridine rings is 1. The van der Waals surface area contributed by atoms with E-state index in [0.29, 0.717) is 18.8 Å². The molecule has 1 aromatic carbocycles. The molecule has 2 aromatic rings. The number of aromatic nitrogens is 1. The maximum Gasteiger partial charge on any atom is 0.409 e. The SMILES string of the molecule is CCCCOC(=O)N1CCN(C(=O)[C@H](CCP(=O)(O)O)NC(=O)c2cc(N3CC[C@H](OC)C3)cc(-c3ccccc3)n2)CC1. The predicted octanol–water partition coefficient (Wildman–Crippen LogP) is 2.72. The first-order valence-corrected chi connectivity index (χ1v) is 16.8. The number of methoxy groups -OCH3 is 1. The van der Waals surface area contributed by atoms with Crippen LogP contribution in [0.3, 0.4) is 0 Å². The third-order valence-electron chi connectivity index (χ3n) is 7.84. The van der Waals surface area contributed by atoms with Crippen LogP contribution in [0.4, 0.5) is 10.5 Å². The molecular formula is C30H42N5O8P. The Morgan fingerprint density at radius 3 is 2.41 bits per heavy atom. The molecule has 2 atom stereocenters. The van der Waals surface area contributed by atoms with Crippen LogP contribution in [-0.2, 0) is 18.8 Å². The van der Waals surface area contributed by atoms with Gasteiger partial charge in [0.2, 0.25) is 5.91 Å². The average Bonchev–Trinajstić information content (AvgIpc) is 3.52. The number of amides is 3. The Bertz CT molecular complexity index is 1330. The van der Waals surface area contributed by atoms with Crippen molar-refractivity contribution in [2.45, 2.75) is 44.8 Å². The van der Waals surface area contributed by atoms with Gasteiger partial charge in [-0.05, 0) is 31.4 Å². The lowest BCUT2D eigenvalue weighted by atomic mass is 10.1. The van der Waals surface area contributed by atoms with Crippen molar-refractivity contribution in [2.24, 2.45) is 0 Å². The fourth-order valence-electron chi connectivity index (χ4n) is 5.24. The minimum absolute atomic E-state index is 0.0638. The topological polar surface area (TPSA) is 162 Å². The molecule has 3 amide bonds. The van der Waals surface area contributed by atoms with Gasteiger partial charge in [-0.25, -0.2) is 9.78 Å². The van der Waals surface area contributed by atoms with Crippen molar-refractivity contribution >= 4 is 31.2 Å². The average molecular weight is 632 g/mol. The Morgan fingerprint density at radius 1 is 1.07 bits per heavy atom. The van der Waals surface area contributed by atoms with Gasteiger partial charge in [-0.1, -0.05) is 43.7 Å². The van der Waals surface area contributed by atoms with Crippen LogP contribution < -0.4 is 10.2 Å². The van der Waals surface area contributed by atoms with Crippen molar-refractivity contribution in [3.63, 3.8) is 0 Å². The molecule has 2 aliphatic heterocycles. The molecular weight excluding hydrogens is 589 g/mol. The molecule has 3 heterocycles. The number of carbonyl (C=O) groups is 3. The van der Waals surface area contributed by atoms with Gasteiger partial charge in [-0.3, -0.25) is 14.2 Å². The van der Waals surface area contributed by atoms with E-state index in [0.717, 1.165) is 37.1 Å². The molecule has 240 valence electrons. The van der Waals surface area contributed by atoms with E-state index in [1.54, 1.807) is 13.2 Å². The first-order valence-electron chi connectivity index (χ1n) is 15.0. The summed E-state index contributed by atoms with van der Waals surface area (Å²) in [7, 11) is -2.79. The standard InChI is InChI=1S/C30H42N5O8P/c1-3-4-17-43-30(38)34-15-13-33(14-16-34)29(37)25(11-18-44(39,40)41)32-28(36)27-20-23(35-12-10-24(21-35)42-2)19-26(31-27)22-8-6-5-7-9-22/h5-9,19-20,24-25H,3-4,10-18,21H2,1-2H3,(H,32,36)(H2,39,40,41)/t24-,25-/m0/s1. The van der Waals surface area contributed by atoms with Crippen LogP contribution >= 0.6 is 7.60 Å². The summed E-state index contributed by atoms with van der Waals surface area (Å²) in [5, 5.41) is 2.70. The predicted molar refractivity (Wildman–Crippen MR) is 164 cm³/mol. The summed E-state index contributed by atoms with van der Waals surface area (Å²) in [6.07, 6.45) is 1.28. The Hall–Kier alpha value is -3.51. The zero-order valence-electron chi connectivity index (χ0n) is 25.3. The summed E-state index contributed by atoms with van der Waals surface area (Å²) in [6.45, 7) is 4.61. The number of nitrogens with zero attached hydrogens (tertiary/aromatic N) is 4. The van der Waals surface area contributed by atoms with E-state index >= 15 is 0 Å². The fraction of sp³-hybridized carbons (Fsp3) is 0.533. The molecule has 0 saturated carbocycles. The maximum absolute atomic E-state index is 13.7. The quantitative estimate of drug-likeness (QED) is 0.235. The molecule has 4 rings (SSSR count). The minimum atomic E-state index is -4.46. The lowest BCUT2D eigenvalue weighted by molar-refractivity contribution is -0.134. The Kier molecular flexibility index (Phi) is 11.7. The molecule has 0 bridgehead atoms. The number of piperazine rings is 1. The molecule has 2 fully saturated rings. The van der Waals surface area contributed by atoms with Crippen molar-refractivity contribution in [1.82, 2.24) is 20.1 Å². The number of hydrogen-bond donors (Lipinski definition) is 3. The van der Waals surface area contributed by atoms with Gasteiger partial charge in [0.15, 0.2) is 0 Å². The summed E-state index contributed by atoms with van der Waals surface area (Å²) in [5.74, 6) is -1.11. The van der Waals surface area contributed by atoms with Crippen LogP contribution in [0, 0.1) is 0 Å². The smallest absolute Gasteiger partial charge is 0.409 e. The van der Waals surface area contributed by atoms with E-state index in [2.05, 4.69) is 15.2 Å². The summed E-state index contributed by atoms with van der Waals surface area (Å²) in [4.78, 5) is 68.4. The van der Waals surface area contributed by atoms with Gasteiger partial charge in [-0.2, -0.15) is 0 Å². The van der Waals surface area contributed by atoms with Crippen LogP contribution in [-0.4, -0.2) is 114 Å². The molecule has 2 aliphatic rings. The first kappa shape index (κ1) is 33.4. The molecule has 14 heteroatoms. The molecule has 0 radical (unpaired) electrons. The van der Waals surface area contributed by atoms with E-state index in [1.807, 2.05) is 43.3 Å². The number of benzene rings is 1. The number of rotatable bonds is 12. The molecule has 0 unspecified atom stereocenters. The normalized spacial score (nSPS) is 17.8. The maximum atomic E-state index is 13.7. The number of carbonyl (C=O) groups excluding carboxylic acids is 3. The highest BCUT2D eigenvalue weighted by Crippen LogP contribution is 2.35. The number of unbranched alkanes of at least 4 members (excludes halogenated alkanes) is 1. The molecule has 1 aromatic heterocycles. The van der Waals surface area contributed by atoms with Crippen LogP contribution in [0.5, 0.6) is 0 Å². The van der Waals surface area contributed by atoms with Crippen molar-refractivity contribution in [1.29, 1.82) is 0 Å². The van der Waals surface area contributed by atoms with Crippen LogP contribution in [0.1, 0.15) is 43.1 Å². The molecule has 44 heavy (non-hydrogen) atoms. The van der Waals surface area contributed by atoms with Crippen molar-refractivity contribution in [3.8, 4) is 11.3 Å². The summed E-state index contributed by atoms with van der Waals surface area (Å²) < 4.78 is 22.5. The van der Waals surface area contributed by atoms with Crippen molar-refractivity contribution in [2.75, 3.05) is 64.0 Å². The van der Waals surface area contributed by atoms with Crippen LogP contribution in [0.25, 0.3) is 11.3 Å². The second kappa shape index (κ2) is 15.5. The van der Waals surface area contributed by atoms with Crippen molar-refractivity contribution < 1.29 is 38.2 Å². The Balaban J connectivity index is 1.52. The Labute approximate surface area is 257 Å². The fourth-order valence-corrected chi connectivity index (χ4v) is 5.83. The monoisotopic (exact) mass is 631 g/mol. The zero-order valence-corrected chi connectivity index (χ0v) is 26.2. The lowest BCUT2D eigenvalue weighted by Crippen LogP contribution is -2.56. The molecule has 2 saturated heterocycles. The van der Waals surface area contributed by atoms with Gasteiger partial charge in [0.25, 0.3) is 5.91 Å². The highest BCUT2D eigenvalue weighted by atomic mass is 31.2. The summed E-state index contributed by atoms with van der Waals surface area (Å²) >= 11 is 0. The number of hydrogen-bond acceptors (Lipinski definition) is 8. The van der Waals surface area contributed by atoms with E-state index in [-0.39, 0.29) is 44.4 Å².